The van der Waals surface area contributed by atoms with Crippen molar-refractivity contribution in [2.24, 2.45) is 0 Å². The molecular formula is C26H37N3O4S. The number of hydrogen-bond donors (Lipinski definition) is 1. The monoisotopic (exact) mass is 487 g/mol. The molecule has 0 saturated heterocycles. The molecule has 0 aromatic heterocycles. The Morgan fingerprint density at radius 1 is 0.971 bits per heavy atom. The average molecular weight is 488 g/mol. The summed E-state index contributed by atoms with van der Waals surface area (Å²) >= 11 is 0. The van der Waals surface area contributed by atoms with Gasteiger partial charge >= 0.3 is 0 Å². The molecule has 0 unspecified atom stereocenters. The smallest absolute Gasteiger partial charge is 0.244 e. The lowest BCUT2D eigenvalue weighted by Crippen LogP contribution is -2.52. The van der Waals surface area contributed by atoms with E-state index in [0.29, 0.717) is 18.7 Å². The van der Waals surface area contributed by atoms with Crippen molar-refractivity contribution >= 4 is 27.5 Å². The molecule has 0 bridgehead atoms. The fourth-order valence-corrected chi connectivity index (χ4v) is 4.92. The molecular weight excluding hydrogens is 450 g/mol. The number of nitrogens with one attached hydrogen (secondary N) is 1. The Morgan fingerprint density at radius 3 is 2.06 bits per heavy atom. The average Bonchev–Trinajstić information content (AvgIpc) is 2.77. The zero-order valence-corrected chi connectivity index (χ0v) is 21.9. The van der Waals surface area contributed by atoms with Gasteiger partial charge in [-0.15, -0.1) is 0 Å². The molecule has 0 spiro atoms. The first-order chi connectivity index (χ1) is 16.0. The lowest BCUT2D eigenvalue weighted by atomic mass is 10.1. The van der Waals surface area contributed by atoms with Crippen LogP contribution in [0.5, 0.6) is 0 Å². The minimum atomic E-state index is -3.75. The van der Waals surface area contributed by atoms with Crippen LogP contribution in [0.15, 0.2) is 42.5 Å². The number of hydrogen-bond acceptors (Lipinski definition) is 4. The van der Waals surface area contributed by atoms with Gasteiger partial charge in [0.1, 0.15) is 12.6 Å². The van der Waals surface area contributed by atoms with E-state index in [0.717, 1.165) is 39.2 Å². The summed E-state index contributed by atoms with van der Waals surface area (Å²) in [7, 11) is -3.75. The SMILES string of the molecule is CCCNC(=O)[C@@H](CC)N(Cc1ccc(C)cc1)C(=O)CN(c1c(C)cccc1C)S(C)(=O)=O. The number of benzene rings is 2. The number of para-hydroxylation sites is 1. The van der Waals surface area contributed by atoms with Crippen LogP contribution in [0.4, 0.5) is 5.69 Å². The topological polar surface area (TPSA) is 86.8 Å². The molecule has 0 fully saturated rings. The number of sulfonamides is 1. The third-order valence-electron chi connectivity index (χ3n) is 5.78. The van der Waals surface area contributed by atoms with E-state index in [1.165, 1.54) is 4.90 Å². The first kappa shape index (κ1) is 27.4. The Labute approximate surface area is 204 Å². The van der Waals surface area contributed by atoms with E-state index in [-0.39, 0.29) is 19.0 Å². The normalized spacial score (nSPS) is 12.2. The molecule has 0 radical (unpaired) electrons. The van der Waals surface area contributed by atoms with Gasteiger partial charge in [0.2, 0.25) is 21.8 Å². The van der Waals surface area contributed by atoms with Crippen LogP contribution in [-0.2, 0) is 26.2 Å². The van der Waals surface area contributed by atoms with Crippen LogP contribution in [0.1, 0.15) is 48.9 Å². The maximum atomic E-state index is 13.7. The van der Waals surface area contributed by atoms with Crippen molar-refractivity contribution < 1.29 is 18.0 Å². The lowest BCUT2D eigenvalue weighted by Gasteiger charge is -2.33. The molecule has 0 aliphatic heterocycles. The maximum absolute atomic E-state index is 13.7. The van der Waals surface area contributed by atoms with Crippen LogP contribution in [0.25, 0.3) is 0 Å². The molecule has 2 amide bonds. The Hall–Kier alpha value is -2.87. The maximum Gasteiger partial charge on any atom is 0.244 e. The molecule has 1 N–H and O–H groups in total. The van der Waals surface area contributed by atoms with Crippen LogP contribution in [0, 0.1) is 20.8 Å². The fraction of sp³-hybridized carbons (Fsp3) is 0.462. The van der Waals surface area contributed by atoms with Gasteiger partial charge in [0, 0.05) is 13.1 Å². The van der Waals surface area contributed by atoms with Crippen LogP contribution < -0.4 is 9.62 Å². The Kier molecular flexibility index (Phi) is 9.67. The molecule has 0 heterocycles. The van der Waals surface area contributed by atoms with Gasteiger partial charge in [0.15, 0.2) is 0 Å². The molecule has 8 heteroatoms. The van der Waals surface area contributed by atoms with Crippen LogP contribution in [0.2, 0.25) is 0 Å². The van der Waals surface area contributed by atoms with E-state index < -0.39 is 22.0 Å². The van der Waals surface area contributed by atoms with Crippen molar-refractivity contribution in [1.82, 2.24) is 10.2 Å². The number of aryl methyl sites for hydroxylation is 3. The molecule has 0 saturated carbocycles. The number of amides is 2. The number of anilines is 1. The standard InChI is InChI=1S/C26H37N3O4S/c1-7-16-27-26(31)23(8-2)28(17-22-14-12-19(3)13-15-22)24(30)18-29(34(6,32)33)25-20(4)10-9-11-21(25)5/h9-15,23H,7-8,16-18H2,1-6H3,(H,27,31)/t23-/m1/s1. The molecule has 2 rings (SSSR count). The summed E-state index contributed by atoms with van der Waals surface area (Å²) in [6.07, 6.45) is 2.29. The highest BCUT2D eigenvalue weighted by Gasteiger charge is 2.32. The highest BCUT2D eigenvalue weighted by molar-refractivity contribution is 7.92. The van der Waals surface area contributed by atoms with E-state index in [4.69, 9.17) is 0 Å². The highest BCUT2D eigenvalue weighted by atomic mass is 32.2. The molecule has 2 aromatic rings. The van der Waals surface area contributed by atoms with Crippen molar-refractivity contribution in [3.63, 3.8) is 0 Å². The summed E-state index contributed by atoms with van der Waals surface area (Å²) in [5.74, 6) is -0.657. The zero-order valence-electron chi connectivity index (χ0n) is 21.1. The summed E-state index contributed by atoms with van der Waals surface area (Å²) in [6.45, 7) is 9.78. The van der Waals surface area contributed by atoms with Crippen LogP contribution in [-0.4, -0.2) is 50.5 Å². The number of rotatable bonds is 11. The molecule has 34 heavy (non-hydrogen) atoms. The van der Waals surface area contributed by atoms with E-state index in [2.05, 4.69) is 5.32 Å². The fourth-order valence-electron chi connectivity index (χ4n) is 3.95. The minimum absolute atomic E-state index is 0.210. The number of nitrogens with zero attached hydrogens (tertiary/aromatic N) is 2. The van der Waals surface area contributed by atoms with E-state index >= 15 is 0 Å². The van der Waals surface area contributed by atoms with E-state index in [9.17, 15) is 18.0 Å². The summed E-state index contributed by atoms with van der Waals surface area (Å²) in [6, 6.07) is 12.5. The summed E-state index contributed by atoms with van der Waals surface area (Å²) in [5.41, 5.74) is 3.98. The Balaban J connectivity index is 2.47. The van der Waals surface area contributed by atoms with Gasteiger partial charge in [-0.1, -0.05) is 61.9 Å². The largest absolute Gasteiger partial charge is 0.354 e. The van der Waals surface area contributed by atoms with Gasteiger partial charge in [-0.25, -0.2) is 8.42 Å². The van der Waals surface area contributed by atoms with Crippen molar-refractivity contribution in [2.45, 2.75) is 60.0 Å². The number of carbonyl (C=O) groups excluding carboxylic acids is 2. The van der Waals surface area contributed by atoms with Crippen LogP contribution in [0.3, 0.4) is 0 Å². The van der Waals surface area contributed by atoms with Crippen molar-refractivity contribution in [1.29, 1.82) is 0 Å². The van der Waals surface area contributed by atoms with Crippen LogP contribution >= 0.6 is 0 Å². The number of carbonyl (C=O) groups is 2. The Bertz CT molecular complexity index is 1080. The van der Waals surface area contributed by atoms with Crippen molar-refractivity contribution in [3.05, 3.63) is 64.7 Å². The lowest BCUT2D eigenvalue weighted by molar-refractivity contribution is -0.140. The zero-order chi connectivity index (χ0) is 25.5. The van der Waals surface area contributed by atoms with Gasteiger partial charge in [-0.05, 0) is 50.3 Å². The molecule has 2 aromatic carbocycles. The van der Waals surface area contributed by atoms with Gasteiger partial charge in [-0.3, -0.25) is 13.9 Å². The summed E-state index contributed by atoms with van der Waals surface area (Å²) in [4.78, 5) is 28.1. The molecule has 0 aliphatic rings. The Morgan fingerprint density at radius 2 is 1.56 bits per heavy atom. The molecule has 186 valence electrons. The molecule has 1 atom stereocenters. The van der Waals surface area contributed by atoms with E-state index in [1.54, 1.807) is 0 Å². The quantitative estimate of drug-likeness (QED) is 0.523. The van der Waals surface area contributed by atoms with Gasteiger partial charge in [0.25, 0.3) is 0 Å². The van der Waals surface area contributed by atoms with Gasteiger partial charge < -0.3 is 10.2 Å². The molecule has 7 nitrogen and oxygen atoms in total. The first-order valence-electron chi connectivity index (χ1n) is 11.7. The third kappa shape index (κ3) is 7.06. The van der Waals surface area contributed by atoms with E-state index in [1.807, 2.05) is 77.1 Å². The summed E-state index contributed by atoms with van der Waals surface area (Å²) < 4.78 is 26.7. The van der Waals surface area contributed by atoms with Crippen molar-refractivity contribution in [3.8, 4) is 0 Å². The second kappa shape index (κ2) is 12.0. The second-order valence-electron chi connectivity index (χ2n) is 8.73. The van der Waals surface area contributed by atoms with Gasteiger partial charge in [-0.2, -0.15) is 0 Å². The minimum Gasteiger partial charge on any atom is -0.354 e. The van der Waals surface area contributed by atoms with Crippen molar-refractivity contribution in [2.75, 3.05) is 23.7 Å². The highest BCUT2D eigenvalue weighted by Crippen LogP contribution is 2.27. The second-order valence-corrected chi connectivity index (χ2v) is 10.6. The predicted octanol–water partition coefficient (Wildman–Crippen LogP) is 3.71. The van der Waals surface area contributed by atoms with Gasteiger partial charge in [0.05, 0.1) is 11.9 Å². The predicted molar refractivity (Wildman–Crippen MR) is 137 cm³/mol. The first-order valence-corrected chi connectivity index (χ1v) is 13.5. The third-order valence-corrected chi connectivity index (χ3v) is 6.89. The molecule has 0 aliphatic carbocycles. The summed E-state index contributed by atoms with van der Waals surface area (Å²) in [5, 5.41) is 2.88.